The first-order chi connectivity index (χ1) is 8.68. The summed E-state index contributed by atoms with van der Waals surface area (Å²) in [6.07, 6.45) is 2.89. The Labute approximate surface area is 135 Å². The minimum atomic E-state index is -0.939. The Morgan fingerprint density at radius 3 is 2.79 bits per heavy atom. The lowest BCUT2D eigenvalue weighted by molar-refractivity contribution is -0.305. The van der Waals surface area contributed by atoms with Gasteiger partial charge in [-0.1, -0.05) is 30.3 Å². The topological polar surface area (TPSA) is 43.4 Å². The molecule has 0 amide bonds. The van der Waals surface area contributed by atoms with Crippen LogP contribution in [0.2, 0.25) is 0 Å². The molecule has 1 atom stereocenters. The van der Waals surface area contributed by atoms with Crippen LogP contribution in [-0.2, 0) is 4.79 Å². The number of benzene rings is 1. The van der Waals surface area contributed by atoms with Crippen LogP contribution in [0.25, 0.3) is 0 Å². The molecular formula is C14H20INO2S. The van der Waals surface area contributed by atoms with E-state index in [4.69, 9.17) is 0 Å². The number of fused-ring (bicyclic) bond motifs is 1. The molecule has 0 bridgehead atoms. The molecule has 0 radical (unpaired) electrons. The molecule has 2 rings (SSSR count). The van der Waals surface area contributed by atoms with Crippen LogP contribution in [0.1, 0.15) is 32.6 Å². The lowest BCUT2D eigenvalue weighted by atomic mass is 10.2. The molecule has 3 nitrogen and oxygen atoms in total. The molecule has 1 heterocycles. The Kier molecular flexibility index (Phi) is 6.99. The minimum Gasteiger partial charge on any atom is -0.550 e. The fraction of sp³-hybridized carbons (Fsp3) is 0.500. The normalized spacial score (nSPS) is 16.9. The average molecular weight is 393 g/mol. The molecule has 1 aliphatic rings. The van der Waals surface area contributed by atoms with Gasteiger partial charge in [0, 0.05) is 17.4 Å². The van der Waals surface area contributed by atoms with Crippen LogP contribution in [0.4, 0.5) is 5.69 Å². The highest BCUT2D eigenvalue weighted by atomic mass is 127. The number of para-hydroxylation sites is 1. The molecule has 1 aliphatic heterocycles. The van der Waals surface area contributed by atoms with Crippen molar-refractivity contribution >= 4 is 23.4 Å². The highest BCUT2D eigenvalue weighted by molar-refractivity contribution is 8.00. The summed E-state index contributed by atoms with van der Waals surface area (Å²) in [4.78, 5) is 14.1. The van der Waals surface area contributed by atoms with Crippen molar-refractivity contribution in [2.45, 2.75) is 42.9 Å². The number of carbonyl (C=O) groups excluding carboxylic acids is 1. The molecular weight excluding hydrogens is 373 g/mol. The van der Waals surface area contributed by atoms with Gasteiger partial charge in [0.15, 0.2) is 0 Å². The van der Waals surface area contributed by atoms with Gasteiger partial charge in [-0.2, -0.15) is 0 Å². The van der Waals surface area contributed by atoms with E-state index in [1.165, 1.54) is 10.6 Å². The van der Waals surface area contributed by atoms with Crippen molar-refractivity contribution < 1.29 is 33.9 Å². The first kappa shape index (κ1) is 16.6. The molecule has 1 aromatic rings. The Morgan fingerprint density at radius 2 is 2.05 bits per heavy atom. The fourth-order valence-corrected chi connectivity index (χ4v) is 3.44. The number of unbranched alkanes of at least 4 members (excludes halogenated alkanes) is 2. The highest BCUT2D eigenvalue weighted by Crippen LogP contribution is 2.42. The summed E-state index contributed by atoms with van der Waals surface area (Å²) in [5.74, 6) is -0.939. The monoisotopic (exact) mass is 393 g/mol. The summed E-state index contributed by atoms with van der Waals surface area (Å²) in [7, 11) is 0. The van der Waals surface area contributed by atoms with Crippen LogP contribution in [0.5, 0.6) is 0 Å². The minimum absolute atomic E-state index is 0. The van der Waals surface area contributed by atoms with Crippen LogP contribution < -0.4 is 34.0 Å². The molecule has 0 N–H and O–H groups in total. The number of aliphatic carboxylic acids is 1. The van der Waals surface area contributed by atoms with Crippen LogP contribution in [0, 0.1) is 0 Å². The van der Waals surface area contributed by atoms with Crippen LogP contribution in [0.3, 0.4) is 0 Å². The number of carbonyl (C=O) groups is 1. The Balaban J connectivity index is 0.00000180. The predicted molar refractivity (Wildman–Crippen MR) is 75.4 cm³/mol. The largest absolute Gasteiger partial charge is 0.550 e. The van der Waals surface area contributed by atoms with Gasteiger partial charge in [0.2, 0.25) is 24.0 Å². The second-order valence-electron chi connectivity index (χ2n) is 4.56. The third kappa shape index (κ3) is 4.56. The number of carboxylic acid groups (broad SMARTS) is 1. The number of nitrogens with zero attached hydrogens (tertiary/aromatic N) is 1. The summed E-state index contributed by atoms with van der Waals surface area (Å²) in [5.41, 5.74) is 1.31. The number of halogens is 1. The average Bonchev–Trinajstić information content (AvgIpc) is 2.65. The van der Waals surface area contributed by atoms with E-state index in [1.807, 2.05) is 11.8 Å². The molecule has 19 heavy (non-hydrogen) atoms. The van der Waals surface area contributed by atoms with Crippen molar-refractivity contribution in [3.63, 3.8) is 0 Å². The summed E-state index contributed by atoms with van der Waals surface area (Å²) < 4.78 is 0. The Hall–Kier alpha value is -0.430. The quantitative estimate of drug-likeness (QED) is 0.447. The van der Waals surface area contributed by atoms with Crippen molar-refractivity contribution in [3.05, 3.63) is 24.3 Å². The lowest BCUT2D eigenvalue weighted by Gasteiger charge is -2.23. The number of anilines is 1. The zero-order chi connectivity index (χ0) is 13.0. The number of thioether (sulfide) groups is 1. The van der Waals surface area contributed by atoms with E-state index in [-0.39, 0.29) is 30.4 Å². The maximum atomic E-state index is 10.3. The SMILES string of the molecule is CC1Sc2ccccc2N1CCCCCC(=O)[O-].[IH2+]. The number of hydrogen-bond acceptors (Lipinski definition) is 4. The van der Waals surface area contributed by atoms with Gasteiger partial charge < -0.3 is 14.8 Å². The Bertz CT molecular complexity index is 428. The van der Waals surface area contributed by atoms with Gasteiger partial charge in [-0.05, 0) is 38.3 Å². The van der Waals surface area contributed by atoms with Crippen molar-refractivity contribution in [2.24, 2.45) is 0 Å². The summed E-state index contributed by atoms with van der Waals surface area (Å²) in [6.45, 7) is 3.21. The van der Waals surface area contributed by atoms with Gasteiger partial charge in [-0.25, -0.2) is 0 Å². The van der Waals surface area contributed by atoms with Gasteiger partial charge in [0.1, 0.15) is 0 Å². The van der Waals surface area contributed by atoms with Gasteiger partial charge in [0.05, 0.1) is 11.1 Å². The van der Waals surface area contributed by atoms with Crippen LogP contribution in [0.15, 0.2) is 29.2 Å². The molecule has 0 saturated carbocycles. The van der Waals surface area contributed by atoms with E-state index < -0.39 is 5.97 Å². The van der Waals surface area contributed by atoms with E-state index in [0.29, 0.717) is 5.37 Å². The maximum Gasteiger partial charge on any atom is 0.235 e. The molecule has 1 aromatic carbocycles. The molecule has 0 aliphatic carbocycles. The van der Waals surface area contributed by atoms with Gasteiger partial charge >= 0.3 is 0 Å². The summed E-state index contributed by atoms with van der Waals surface area (Å²) >= 11 is 1.89. The standard InChI is InChI=1S/C14H19NO2S.H2I/c1-11-15(10-6-2-3-9-14(16)17)12-7-4-5-8-13(12)18-11;/h4-5,7-8,11H,2-3,6,9-10H2,1H3,(H,16,17);1H2/q;+1/p-1. The highest BCUT2D eigenvalue weighted by Gasteiger charge is 2.25. The van der Waals surface area contributed by atoms with Crippen LogP contribution >= 0.6 is 11.8 Å². The molecule has 106 valence electrons. The second kappa shape index (κ2) is 7.99. The zero-order valence-corrected chi connectivity index (χ0v) is 14.4. The number of carboxylic acids is 1. The van der Waals surface area contributed by atoms with Gasteiger partial charge in [-0.3, -0.25) is 0 Å². The predicted octanol–water partition coefficient (Wildman–Crippen LogP) is -1.28. The molecule has 0 aromatic heterocycles. The van der Waals surface area contributed by atoms with Crippen molar-refractivity contribution in [2.75, 3.05) is 11.4 Å². The second-order valence-corrected chi connectivity index (χ2v) is 5.92. The van der Waals surface area contributed by atoms with Crippen LogP contribution in [-0.4, -0.2) is 17.9 Å². The number of rotatable bonds is 6. The summed E-state index contributed by atoms with van der Waals surface area (Å²) in [5, 5.41) is 10.8. The zero-order valence-electron chi connectivity index (χ0n) is 11.0. The van der Waals surface area contributed by atoms with Crippen molar-refractivity contribution in [3.8, 4) is 0 Å². The first-order valence-electron chi connectivity index (χ1n) is 6.40. The van der Waals surface area contributed by atoms with E-state index in [2.05, 4.69) is 36.1 Å². The maximum absolute atomic E-state index is 10.3. The molecule has 0 fully saturated rings. The van der Waals surface area contributed by atoms with E-state index in [1.54, 1.807) is 0 Å². The molecule has 0 saturated heterocycles. The Morgan fingerprint density at radius 1 is 1.32 bits per heavy atom. The third-order valence-corrected chi connectivity index (χ3v) is 4.39. The van der Waals surface area contributed by atoms with E-state index >= 15 is 0 Å². The van der Waals surface area contributed by atoms with Gasteiger partial charge in [-0.15, -0.1) is 0 Å². The molecule has 5 heteroatoms. The van der Waals surface area contributed by atoms with Crippen molar-refractivity contribution in [1.29, 1.82) is 0 Å². The first-order valence-corrected chi connectivity index (χ1v) is 7.28. The van der Waals surface area contributed by atoms with E-state index in [0.717, 1.165) is 25.8 Å². The fourth-order valence-electron chi connectivity index (χ4n) is 2.27. The molecule has 0 spiro atoms. The third-order valence-electron chi connectivity index (χ3n) is 3.19. The summed E-state index contributed by atoms with van der Waals surface area (Å²) in [6, 6.07) is 8.46. The number of hydrogen-bond donors (Lipinski definition) is 0. The lowest BCUT2D eigenvalue weighted by Crippen LogP contribution is -3.00. The van der Waals surface area contributed by atoms with E-state index in [9.17, 15) is 9.90 Å². The molecule has 1 unspecified atom stereocenters. The smallest absolute Gasteiger partial charge is 0.235 e. The van der Waals surface area contributed by atoms with Gasteiger partial charge in [0.25, 0.3) is 0 Å². The van der Waals surface area contributed by atoms with Crippen molar-refractivity contribution in [1.82, 2.24) is 0 Å².